The van der Waals surface area contributed by atoms with Gasteiger partial charge in [-0.15, -0.1) is 0 Å². The Morgan fingerprint density at radius 1 is 1.10 bits per heavy atom. The molecule has 2 aromatic rings. The minimum absolute atomic E-state index is 0.0878. The van der Waals surface area contributed by atoms with Crippen LogP contribution in [-0.2, 0) is 0 Å². The summed E-state index contributed by atoms with van der Waals surface area (Å²) in [5.41, 5.74) is 6.63. The molecule has 2 N–H and O–H groups in total. The van der Waals surface area contributed by atoms with Crippen LogP contribution in [0.5, 0.6) is 5.75 Å². The fraction of sp³-hybridized carbons (Fsp3) is 0.200. The van der Waals surface area contributed by atoms with Gasteiger partial charge >= 0.3 is 0 Å². The summed E-state index contributed by atoms with van der Waals surface area (Å²) in [6.07, 6.45) is -0.546. The fourth-order valence-electron chi connectivity index (χ4n) is 1.91. The van der Waals surface area contributed by atoms with Crippen molar-refractivity contribution in [2.45, 2.75) is 19.1 Å². The highest BCUT2D eigenvalue weighted by Crippen LogP contribution is 2.27. The highest BCUT2D eigenvalue weighted by atomic mass is 35.5. The number of benzene rings is 2. The number of hydrogen-bond acceptors (Lipinski definition) is 2. The lowest BCUT2D eigenvalue weighted by Crippen LogP contribution is -2.29. The van der Waals surface area contributed by atoms with Crippen LogP contribution in [-0.4, -0.2) is 6.04 Å². The van der Waals surface area contributed by atoms with Crippen molar-refractivity contribution in [1.29, 1.82) is 0 Å². The Bertz CT molecular complexity index is 584. The van der Waals surface area contributed by atoms with Crippen molar-refractivity contribution in [2.24, 2.45) is 5.73 Å². The Balaban J connectivity index is 2.30. The molecule has 0 saturated carbocycles. The summed E-state index contributed by atoms with van der Waals surface area (Å²) in [4.78, 5) is 0. The van der Waals surface area contributed by atoms with Gasteiger partial charge in [-0.2, -0.15) is 0 Å². The first-order chi connectivity index (χ1) is 9.45. The first kappa shape index (κ1) is 14.8. The molecule has 0 amide bonds. The summed E-state index contributed by atoms with van der Waals surface area (Å²) in [6, 6.07) is 9.65. The number of rotatable bonds is 4. The molecule has 0 saturated heterocycles. The van der Waals surface area contributed by atoms with Crippen molar-refractivity contribution < 1.29 is 13.5 Å². The molecular weight excluding hydrogens is 284 g/mol. The maximum atomic E-state index is 13.2. The highest BCUT2D eigenvalue weighted by molar-refractivity contribution is 6.30. The SMILES string of the molecule is CC(N)C(Oc1cc(F)cc(F)c1)c1cccc(Cl)c1. The van der Waals surface area contributed by atoms with Gasteiger partial charge in [0, 0.05) is 29.3 Å². The second kappa shape index (κ2) is 6.20. The minimum Gasteiger partial charge on any atom is -0.484 e. The molecule has 0 fully saturated rings. The fourth-order valence-corrected chi connectivity index (χ4v) is 2.10. The molecule has 0 aliphatic rings. The topological polar surface area (TPSA) is 35.2 Å². The van der Waals surface area contributed by atoms with Gasteiger partial charge in [-0.05, 0) is 24.6 Å². The third-order valence-electron chi connectivity index (χ3n) is 2.75. The van der Waals surface area contributed by atoms with Crippen LogP contribution >= 0.6 is 11.6 Å². The van der Waals surface area contributed by atoms with Crippen LogP contribution in [0, 0.1) is 11.6 Å². The summed E-state index contributed by atoms with van der Waals surface area (Å²) >= 11 is 5.93. The van der Waals surface area contributed by atoms with Gasteiger partial charge in [-0.3, -0.25) is 0 Å². The molecule has 2 atom stereocenters. The van der Waals surface area contributed by atoms with E-state index < -0.39 is 17.7 Å². The Kier molecular flexibility index (Phi) is 4.57. The van der Waals surface area contributed by atoms with Gasteiger partial charge in [0.2, 0.25) is 0 Å². The smallest absolute Gasteiger partial charge is 0.139 e. The third-order valence-corrected chi connectivity index (χ3v) is 2.99. The number of halogens is 3. The zero-order valence-corrected chi connectivity index (χ0v) is 11.6. The Morgan fingerprint density at radius 3 is 2.30 bits per heavy atom. The zero-order chi connectivity index (χ0) is 14.7. The van der Waals surface area contributed by atoms with Crippen molar-refractivity contribution in [2.75, 3.05) is 0 Å². The zero-order valence-electron chi connectivity index (χ0n) is 10.8. The quantitative estimate of drug-likeness (QED) is 0.922. The van der Waals surface area contributed by atoms with Gasteiger partial charge in [0.1, 0.15) is 23.5 Å². The molecule has 5 heteroatoms. The van der Waals surface area contributed by atoms with Crippen LogP contribution < -0.4 is 10.5 Å². The first-order valence-corrected chi connectivity index (χ1v) is 6.47. The van der Waals surface area contributed by atoms with Gasteiger partial charge in [-0.25, -0.2) is 8.78 Å². The molecule has 0 spiro atoms. The summed E-state index contributed by atoms with van der Waals surface area (Å²) < 4.78 is 32.0. The lowest BCUT2D eigenvalue weighted by atomic mass is 10.0. The molecular formula is C15H14ClF2NO. The van der Waals surface area contributed by atoms with Gasteiger partial charge in [0.25, 0.3) is 0 Å². The van der Waals surface area contributed by atoms with E-state index in [4.69, 9.17) is 22.1 Å². The summed E-state index contributed by atoms with van der Waals surface area (Å²) in [6.45, 7) is 1.75. The second-order valence-electron chi connectivity index (χ2n) is 4.56. The monoisotopic (exact) mass is 297 g/mol. The van der Waals surface area contributed by atoms with Crippen molar-refractivity contribution in [3.8, 4) is 5.75 Å². The largest absolute Gasteiger partial charge is 0.484 e. The highest BCUT2D eigenvalue weighted by Gasteiger charge is 2.19. The second-order valence-corrected chi connectivity index (χ2v) is 4.99. The summed E-state index contributed by atoms with van der Waals surface area (Å²) in [5.74, 6) is -1.31. The molecule has 0 radical (unpaired) electrons. The van der Waals surface area contributed by atoms with E-state index in [1.54, 1.807) is 31.2 Å². The van der Waals surface area contributed by atoms with Crippen LogP contribution in [0.2, 0.25) is 5.02 Å². The average molecular weight is 298 g/mol. The van der Waals surface area contributed by atoms with Gasteiger partial charge < -0.3 is 10.5 Å². The predicted molar refractivity (Wildman–Crippen MR) is 74.8 cm³/mol. The predicted octanol–water partition coefficient (Wildman–Crippen LogP) is 4.09. The molecule has 20 heavy (non-hydrogen) atoms. The summed E-state index contributed by atoms with van der Waals surface area (Å²) in [7, 11) is 0. The standard InChI is InChI=1S/C15H14ClF2NO/c1-9(19)15(10-3-2-4-11(16)5-10)20-14-7-12(17)6-13(18)8-14/h2-9,15H,19H2,1H3. The van der Waals surface area contributed by atoms with Crippen molar-refractivity contribution >= 4 is 11.6 Å². The molecule has 0 aliphatic carbocycles. The van der Waals surface area contributed by atoms with Crippen molar-refractivity contribution in [3.63, 3.8) is 0 Å². The molecule has 2 aromatic carbocycles. The van der Waals surface area contributed by atoms with Crippen molar-refractivity contribution in [3.05, 3.63) is 64.7 Å². The van der Waals surface area contributed by atoms with Crippen LogP contribution in [0.4, 0.5) is 8.78 Å². The third kappa shape index (κ3) is 3.68. The maximum Gasteiger partial charge on any atom is 0.139 e. The van der Waals surface area contributed by atoms with Crippen LogP contribution in [0.25, 0.3) is 0 Å². The van der Waals surface area contributed by atoms with Crippen molar-refractivity contribution in [1.82, 2.24) is 0 Å². The van der Waals surface area contributed by atoms with E-state index in [0.29, 0.717) is 5.02 Å². The van der Waals surface area contributed by atoms with Crippen LogP contribution in [0.3, 0.4) is 0 Å². The number of hydrogen-bond donors (Lipinski definition) is 1. The molecule has 2 rings (SSSR count). The summed E-state index contributed by atoms with van der Waals surface area (Å²) in [5, 5.41) is 0.544. The van der Waals surface area contributed by atoms with E-state index in [-0.39, 0.29) is 11.8 Å². The molecule has 0 aliphatic heterocycles. The van der Waals surface area contributed by atoms with E-state index in [1.165, 1.54) is 0 Å². The van der Waals surface area contributed by atoms with Gasteiger partial charge in [0.05, 0.1) is 0 Å². The molecule has 0 heterocycles. The molecule has 2 nitrogen and oxygen atoms in total. The molecule has 0 aromatic heterocycles. The van der Waals surface area contributed by atoms with E-state index in [0.717, 1.165) is 23.8 Å². The first-order valence-electron chi connectivity index (χ1n) is 6.09. The average Bonchev–Trinajstić information content (AvgIpc) is 2.34. The lowest BCUT2D eigenvalue weighted by molar-refractivity contribution is 0.179. The lowest BCUT2D eigenvalue weighted by Gasteiger charge is -2.23. The van der Waals surface area contributed by atoms with E-state index in [2.05, 4.69) is 0 Å². The Hall–Kier alpha value is -1.65. The van der Waals surface area contributed by atoms with Gasteiger partial charge in [0.15, 0.2) is 0 Å². The molecule has 0 bridgehead atoms. The Morgan fingerprint density at radius 2 is 1.75 bits per heavy atom. The maximum absolute atomic E-state index is 13.2. The van der Waals surface area contributed by atoms with E-state index in [1.807, 2.05) is 0 Å². The van der Waals surface area contributed by atoms with Gasteiger partial charge in [-0.1, -0.05) is 23.7 Å². The molecule has 2 unspecified atom stereocenters. The normalized spacial score (nSPS) is 13.8. The van der Waals surface area contributed by atoms with E-state index in [9.17, 15) is 8.78 Å². The van der Waals surface area contributed by atoms with E-state index >= 15 is 0 Å². The molecule has 106 valence electrons. The number of nitrogens with two attached hydrogens (primary N) is 1. The Labute approximate surface area is 121 Å². The van der Waals surface area contributed by atoms with Crippen LogP contribution in [0.1, 0.15) is 18.6 Å². The number of ether oxygens (including phenoxy) is 1. The van der Waals surface area contributed by atoms with Crippen LogP contribution in [0.15, 0.2) is 42.5 Å². The minimum atomic E-state index is -0.700.